The Balaban J connectivity index is 1.79. The van der Waals surface area contributed by atoms with E-state index >= 15 is 0 Å². The van der Waals surface area contributed by atoms with Crippen LogP contribution in [0.3, 0.4) is 0 Å². The first-order valence-corrected chi connectivity index (χ1v) is 6.44. The number of nitrogens with zero attached hydrogens (tertiary/aromatic N) is 3. The Morgan fingerprint density at radius 2 is 2.12 bits per heavy atom. The number of likely N-dealkylation sites (N-methyl/N-ethyl adjacent to an activating group) is 1. The van der Waals surface area contributed by atoms with E-state index in [2.05, 4.69) is 27.0 Å². The van der Waals surface area contributed by atoms with Crippen molar-refractivity contribution in [2.24, 2.45) is 5.73 Å². The van der Waals surface area contributed by atoms with Crippen LogP contribution in [0.2, 0.25) is 0 Å². The Bertz CT molecular complexity index is 380. The summed E-state index contributed by atoms with van der Waals surface area (Å²) in [4.78, 5) is 4.95. The van der Waals surface area contributed by atoms with Crippen molar-refractivity contribution < 1.29 is 0 Å². The first kappa shape index (κ1) is 11.2. The van der Waals surface area contributed by atoms with Crippen LogP contribution in [-0.2, 0) is 6.42 Å². The minimum atomic E-state index is 0.271. The van der Waals surface area contributed by atoms with Gasteiger partial charge in [0.15, 0.2) is 0 Å². The number of nitrogens with one attached hydrogen (secondary N) is 1. The molecule has 1 saturated heterocycles. The number of piperazine rings is 1. The Labute approximate surface area is 102 Å². The zero-order chi connectivity index (χ0) is 11.8. The van der Waals surface area contributed by atoms with Crippen molar-refractivity contribution in [2.45, 2.75) is 24.9 Å². The normalized spacial score (nSPS) is 31.4. The van der Waals surface area contributed by atoms with E-state index in [1.165, 1.54) is 11.3 Å². The van der Waals surface area contributed by atoms with Crippen LogP contribution in [0.1, 0.15) is 23.7 Å². The van der Waals surface area contributed by atoms with Gasteiger partial charge in [-0.1, -0.05) is 0 Å². The van der Waals surface area contributed by atoms with Crippen LogP contribution in [0.4, 0.5) is 0 Å². The van der Waals surface area contributed by atoms with E-state index in [4.69, 9.17) is 5.73 Å². The first-order chi connectivity index (χ1) is 8.24. The molecular formula is C12H21N5. The highest BCUT2D eigenvalue weighted by molar-refractivity contribution is 5.25. The second-order valence-corrected chi connectivity index (χ2v) is 5.36. The lowest BCUT2D eigenvalue weighted by Gasteiger charge is -2.40. The molecule has 2 heterocycles. The highest BCUT2D eigenvalue weighted by Gasteiger charge is 2.32. The molecule has 3 rings (SSSR count). The van der Waals surface area contributed by atoms with Crippen LogP contribution in [-0.4, -0.2) is 59.3 Å². The van der Waals surface area contributed by atoms with Crippen LogP contribution in [0.5, 0.6) is 0 Å². The minimum Gasteiger partial charge on any atom is -0.327 e. The van der Waals surface area contributed by atoms with Crippen molar-refractivity contribution in [1.82, 2.24) is 20.0 Å². The predicted molar refractivity (Wildman–Crippen MR) is 66.7 cm³/mol. The molecule has 1 fully saturated rings. The molecule has 2 unspecified atom stereocenters. The lowest BCUT2D eigenvalue weighted by Crippen LogP contribution is -2.48. The molecule has 1 aromatic heterocycles. The number of fused-ring (bicyclic) bond motifs is 1. The van der Waals surface area contributed by atoms with E-state index in [0.29, 0.717) is 6.04 Å². The van der Waals surface area contributed by atoms with Gasteiger partial charge in [0, 0.05) is 55.9 Å². The average molecular weight is 235 g/mol. The van der Waals surface area contributed by atoms with Crippen LogP contribution < -0.4 is 5.73 Å². The maximum Gasteiger partial charge on any atom is 0.0538 e. The zero-order valence-electron chi connectivity index (χ0n) is 10.4. The van der Waals surface area contributed by atoms with Crippen LogP contribution >= 0.6 is 0 Å². The number of hydrogen-bond acceptors (Lipinski definition) is 4. The fourth-order valence-corrected chi connectivity index (χ4v) is 3.01. The first-order valence-electron chi connectivity index (χ1n) is 6.44. The predicted octanol–water partition coefficient (Wildman–Crippen LogP) is -0.0283. The van der Waals surface area contributed by atoms with Crippen molar-refractivity contribution in [2.75, 3.05) is 33.2 Å². The summed E-state index contributed by atoms with van der Waals surface area (Å²) in [6, 6.07) is 0.744. The number of nitrogens with two attached hydrogens (primary N) is 1. The van der Waals surface area contributed by atoms with Crippen molar-refractivity contribution in [1.29, 1.82) is 0 Å². The third-order valence-corrected chi connectivity index (χ3v) is 4.08. The van der Waals surface area contributed by atoms with Crippen molar-refractivity contribution in [3.63, 3.8) is 0 Å². The van der Waals surface area contributed by atoms with Gasteiger partial charge in [0.2, 0.25) is 0 Å². The topological polar surface area (TPSA) is 61.2 Å². The molecule has 2 aliphatic rings. The zero-order valence-corrected chi connectivity index (χ0v) is 10.4. The molecule has 0 amide bonds. The summed E-state index contributed by atoms with van der Waals surface area (Å²) in [7, 11) is 2.19. The standard InChI is InChI=1S/C12H21N5/c1-16-2-4-17(5-3-16)12-7-9(13)6-11-10(12)8-14-15-11/h8-9,12H,2-7,13H2,1H3,(H,14,15). The maximum absolute atomic E-state index is 6.15. The second kappa shape index (κ2) is 4.40. The summed E-state index contributed by atoms with van der Waals surface area (Å²) < 4.78 is 0. The quantitative estimate of drug-likeness (QED) is 0.718. The molecule has 0 aromatic carbocycles. The number of aromatic amines is 1. The summed E-state index contributed by atoms with van der Waals surface area (Å²) in [5.41, 5.74) is 8.76. The van der Waals surface area contributed by atoms with Gasteiger partial charge in [-0.25, -0.2) is 0 Å². The molecule has 0 saturated carbocycles. The van der Waals surface area contributed by atoms with Crippen LogP contribution in [0, 0.1) is 0 Å². The highest BCUT2D eigenvalue weighted by atomic mass is 15.3. The van der Waals surface area contributed by atoms with Gasteiger partial charge in [-0.05, 0) is 13.5 Å². The maximum atomic E-state index is 6.15. The van der Waals surface area contributed by atoms with E-state index < -0.39 is 0 Å². The molecule has 1 aliphatic carbocycles. The molecule has 0 spiro atoms. The molecule has 1 aliphatic heterocycles. The van der Waals surface area contributed by atoms with Crippen molar-refractivity contribution >= 4 is 0 Å². The van der Waals surface area contributed by atoms with E-state index in [1.54, 1.807) is 0 Å². The molecular weight excluding hydrogens is 214 g/mol. The van der Waals surface area contributed by atoms with Crippen molar-refractivity contribution in [3.8, 4) is 0 Å². The Morgan fingerprint density at radius 1 is 1.35 bits per heavy atom. The molecule has 0 bridgehead atoms. The largest absolute Gasteiger partial charge is 0.327 e. The van der Waals surface area contributed by atoms with Gasteiger partial charge >= 0.3 is 0 Å². The summed E-state index contributed by atoms with van der Waals surface area (Å²) in [6.45, 7) is 4.58. The highest BCUT2D eigenvalue weighted by Crippen LogP contribution is 2.33. The summed E-state index contributed by atoms with van der Waals surface area (Å²) >= 11 is 0. The average Bonchev–Trinajstić information content (AvgIpc) is 2.77. The van der Waals surface area contributed by atoms with E-state index in [-0.39, 0.29) is 6.04 Å². The third-order valence-electron chi connectivity index (χ3n) is 4.08. The molecule has 1 aromatic rings. The van der Waals surface area contributed by atoms with Gasteiger partial charge in [0.25, 0.3) is 0 Å². The van der Waals surface area contributed by atoms with Crippen LogP contribution in [0.15, 0.2) is 6.20 Å². The lowest BCUT2D eigenvalue weighted by atomic mass is 9.88. The molecule has 17 heavy (non-hydrogen) atoms. The Hall–Kier alpha value is -0.910. The van der Waals surface area contributed by atoms with E-state index in [0.717, 1.165) is 39.0 Å². The number of hydrogen-bond donors (Lipinski definition) is 2. The Kier molecular flexibility index (Phi) is 2.90. The van der Waals surface area contributed by atoms with Gasteiger partial charge in [-0.15, -0.1) is 0 Å². The van der Waals surface area contributed by atoms with Gasteiger partial charge in [-0.3, -0.25) is 10.00 Å². The minimum absolute atomic E-state index is 0.271. The van der Waals surface area contributed by atoms with Crippen LogP contribution in [0.25, 0.3) is 0 Å². The molecule has 5 heteroatoms. The van der Waals surface area contributed by atoms with E-state index in [1.807, 2.05) is 6.20 Å². The van der Waals surface area contributed by atoms with Gasteiger partial charge in [0.1, 0.15) is 0 Å². The molecule has 94 valence electrons. The summed E-state index contributed by atoms with van der Waals surface area (Å²) in [6.07, 6.45) is 4.00. The smallest absolute Gasteiger partial charge is 0.0538 e. The lowest BCUT2D eigenvalue weighted by molar-refractivity contribution is 0.0989. The SMILES string of the molecule is CN1CCN(C2CC(N)Cc3[nH]ncc32)CC1. The van der Waals surface area contributed by atoms with Gasteiger partial charge in [-0.2, -0.15) is 5.10 Å². The summed E-state index contributed by atoms with van der Waals surface area (Å²) in [5, 5.41) is 7.28. The molecule has 5 nitrogen and oxygen atoms in total. The van der Waals surface area contributed by atoms with Gasteiger partial charge in [0.05, 0.1) is 6.20 Å². The number of H-pyrrole nitrogens is 1. The van der Waals surface area contributed by atoms with Crippen molar-refractivity contribution in [3.05, 3.63) is 17.5 Å². The monoisotopic (exact) mass is 235 g/mol. The molecule has 2 atom stereocenters. The third kappa shape index (κ3) is 2.10. The fourth-order valence-electron chi connectivity index (χ4n) is 3.01. The molecule has 0 radical (unpaired) electrons. The van der Waals surface area contributed by atoms with Gasteiger partial charge < -0.3 is 10.6 Å². The number of aromatic nitrogens is 2. The number of rotatable bonds is 1. The molecule has 3 N–H and O–H groups in total. The summed E-state index contributed by atoms with van der Waals surface area (Å²) in [5.74, 6) is 0. The Morgan fingerprint density at radius 3 is 2.88 bits per heavy atom. The fraction of sp³-hybridized carbons (Fsp3) is 0.750. The van der Waals surface area contributed by atoms with E-state index in [9.17, 15) is 0 Å². The second-order valence-electron chi connectivity index (χ2n) is 5.36.